The average molecular weight is 238 g/mol. The van der Waals surface area contributed by atoms with Gasteiger partial charge < -0.3 is 14.6 Å². The fourth-order valence-corrected chi connectivity index (χ4v) is 1.67. The van der Waals surface area contributed by atoms with E-state index in [9.17, 15) is 4.79 Å². The molecule has 1 N–H and O–H groups in total. The van der Waals surface area contributed by atoms with Gasteiger partial charge in [-0.1, -0.05) is 13.8 Å². The molecule has 1 aromatic heterocycles. The molecule has 0 aliphatic rings. The Labute approximate surface area is 103 Å². The van der Waals surface area contributed by atoms with Gasteiger partial charge >= 0.3 is 0 Å². The highest BCUT2D eigenvalue weighted by Crippen LogP contribution is 2.02. The molecule has 1 amide bonds. The summed E-state index contributed by atoms with van der Waals surface area (Å²) in [6.07, 6.45) is 2.80. The zero-order valence-electron chi connectivity index (χ0n) is 10.7. The van der Waals surface area contributed by atoms with Crippen molar-refractivity contribution < 1.29 is 9.21 Å². The van der Waals surface area contributed by atoms with Gasteiger partial charge in [-0.3, -0.25) is 4.79 Å². The van der Waals surface area contributed by atoms with Crippen molar-refractivity contribution >= 4 is 5.91 Å². The van der Waals surface area contributed by atoms with E-state index in [2.05, 4.69) is 24.1 Å². The lowest BCUT2D eigenvalue weighted by atomic mass is 10.2. The molecule has 0 saturated carbocycles. The summed E-state index contributed by atoms with van der Waals surface area (Å²) in [6.45, 7) is 7.94. The summed E-state index contributed by atoms with van der Waals surface area (Å²) in [5.41, 5.74) is 0. The molecular weight excluding hydrogens is 216 g/mol. The average Bonchev–Trinajstić information content (AvgIpc) is 2.85. The van der Waals surface area contributed by atoms with Crippen LogP contribution in [0.1, 0.15) is 26.0 Å². The van der Waals surface area contributed by atoms with Gasteiger partial charge in [-0.05, 0) is 25.2 Å². The van der Waals surface area contributed by atoms with Crippen LogP contribution in [0.15, 0.2) is 22.8 Å². The van der Waals surface area contributed by atoms with Crippen LogP contribution in [0.3, 0.4) is 0 Å². The lowest BCUT2D eigenvalue weighted by Crippen LogP contribution is -2.34. The van der Waals surface area contributed by atoms with Crippen LogP contribution < -0.4 is 5.32 Å². The maximum atomic E-state index is 11.5. The van der Waals surface area contributed by atoms with Gasteiger partial charge in [0.2, 0.25) is 5.91 Å². The lowest BCUT2D eigenvalue weighted by molar-refractivity contribution is -0.121. The van der Waals surface area contributed by atoms with Crippen LogP contribution in [0.4, 0.5) is 0 Å². The Morgan fingerprint density at radius 3 is 2.76 bits per heavy atom. The first-order chi connectivity index (χ1) is 8.26. The van der Waals surface area contributed by atoms with Crippen molar-refractivity contribution in [3.05, 3.63) is 24.2 Å². The minimum Gasteiger partial charge on any atom is -0.469 e. The van der Waals surface area contributed by atoms with E-state index >= 15 is 0 Å². The van der Waals surface area contributed by atoms with E-state index in [1.54, 1.807) is 6.26 Å². The summed E-state index contributed by atoms with van der Waals surface area (Å²) in [7, 11) is 0. The van der Waals surface area contributed by atoms with Gasteiger partial charge in [0.25, 0.3) is 0 Å². The van der Waals surface area contributed by atoms with Gasteiger partial charge in [-0.15, -0.1) is 0 Å². The van der Waals surface area contributed by atoms with Gasteiger partial charge in [0.15, 0.2) is 0 Å². The molecule has 96 valence electrons. The number of carbonyl (C=O) groups is 1. The Hall–Kier alpha value is -1.29. The van der Waals surface area contributed by atoms with Crippen LogP contribution in [-0.2, 0) is 11.2 Å². The van der Waals surface area contributed by atoms with Crippen molar-refractivity contribution in [1.82, 2.24) is 10.2 Å². The molecule has 1 heterocycles. The smallest absolute Gasteiger partial charge is 0.220 e. The number of hydrogen-bond acceptors (Lipinski definition) is 3. The van der Waals surface area contributed by atoms with Crippen LogP contribution in [0, 0.1) is 0 Å². The third kappa shape index (κ3) is 5.54. The molecule has 0 radical (unpaired) electrons. The summed E-state index contributed by atoms with van der Waals surface area (Å²) >= 11 is 0. The predicted molar refractivity (Wildman–Crippen MR) is 67.8 cm³/mol. The highest BCUT2D eigenvalue weighted by molar-refractivity contribution is 5.76. The molecule has 4 nitrogen and oxygen atoms in total. The summed E-state index contributed by atoms with van der Waals surface area (Å²) in [5.74, 6) is 0.956. The molecule has 0 fully saturated rings. The maximum absolute atomic E-state index is 11.5. The van der Waals surface area contributed by atoms with E-state index in [1.165, 1.54) is 0 Å². The van der Waals surface area contributed by atoms with Crippen LogP contribution >= 0.6 is 0 Å². The van der Waals surface area contributed by atoms with Gasteiger partial charge in [-0.2, -0.15) is 0 Å². The maximum Gasteiger partial charge on any atom is 0.220 e. The monoisotopic (exact) mass is 238 g/mol. The second-order valence-electron chi connectivity index (χ2n) is 3.96. The van der Waals surface area contributed by atoms with E-state index in [0.717, 1.165) is 31.9 Å². The number of rotatable bonds is 8. The molecule has 0 saturated heterocycles. The first kappa shape index (κ1) is 13.8. The van der Waals surface area contributed by atoms with Crippen molar-refractivity contribution in [3.63, 3.8) is 0 Å². The van der Waals surface area contributed by atoms with Crippen LogP contribution in [0.5, 0.6) is 0 Å². The highest BCUT2D eigenvalue weighted by Gasteiger charge is 2.04. The Kier molecular flexibility index (Phi) is 6.40. The summed E-state index contributed by atoms with van der Waals surface area (Å²) in [5, 5.41) is 2.92. The lowest BCUT2D eigenvalue weighted by Gasteiger charge is -2.17. The molecule has 1 rings (SSSR count). The number of amides is 1. The predicted octanol–water partition coefficient (Wildman–Crippen LogP) is 1.67. The van der Waals surface area contributed by atoms with E-state index < -0.39 is 0 Å². The van der Waals surface area contributed by atoms with Gasteiger partial charge in [-0.25, -0.2) is 0 Å². The molecule has 1 aromatic rings. The zero-order valence-corrected chi connectivity index (χ0v) is 10.7. The van der Waals surface area contributed by atoms with Crippen LogP contribution in [0.2, 0.25) is 0 Å². The Balaban J connectivity index is 2.09. The van der Waals surface area contributed by atoms with Crippen LogP contribution in [0.25, 0.3) is 0 Å². The molecule has 4 heteroatoms. The first-order valence-electron chi connectivity index (χ1n) is 6.27. The molecule has 0 aliphatic heterocycles. The number of furan rings is 1. The largest absolute Gasteiger partial charge is 0.469 e. The molecule has 0 aliphatic carbocycles. The molecule has 0 bridgehead atoms. The third-order valence-electron chi connectivity index (χ3n) is 2.82. The van der Waals surface area contributed by atoms with Crippen molar-refractivity contribution in [2.75, 3.05) is 26.2 Å². The number of nitrogens with one attached hydrogen (secondary N) is 1. The number of aryl methyl sites for hydroxylation is 1. The topological polar surface area (TPSA) is 45.5 Å². The minimum absolute atomic E-state index is 0.0913. The Bertz CT molecular complexity index is 305. The third-order valence-corrected chi connectivity index (χ3v) is 2.82. The van der Waals surface area contributed by atoms with Crippen molar-refractivity contribution in [2.45, 2.75) is 26.7 Å². The molecule has 0 aromatic carbocycles. The molecule has 0 atom stereocenters. The SMILES string of the molecule is CCN(CC)CCNC(=O)CCc1ccco1. The molecule has 17 heavy (non-hydrogen) atoms. The van der Waals surface area contributed by atoms with Crippen molar-refractivity contribution in [3.8, 4) is 0 Å². The van der Waals surface area contributed by atoms with Crippen LogP contribution in [-0.4, -0.2) is 37.0 Å². The highest BCUT2D eigenvalue weighted by atomic mass is 16.3. The number of nitrogens with zero attached hydrogens (tertiary/aromatic N) is 1. The summed E-state index contributed by atoms with van der Waals surface area (Å²) in [4.78, 5) is 13.8. The molecular formula is C13H22N2O2. The van der Waals surface area contributed by atoms with E-state index in [0.29, 0.717) is 12.8 Å². The van der Waals surface area contributed by atoms with E-state index in [4.69, 9.17) is 4.42 Å². The van der Waals surface area contributed by atoms with Crippen molar-refractivity contribution in [2.24, 2.45) is 0 Å². The molecule has 0 unspecified atom stereocenters. The fraction of sp³-hybridized carbons (Fsp3) is 0.615. The quantitative estimate of drug-likeness (QED) is 0.749. The van der Waals surface area contributed by atoms with Crippen molar-refractivity contribution in [1.29, 1.82) is 0 Å². The molecule has 0 spiro atoms. The fourth-order valence-electron chi connectivity index (χ4n) is 1.67. The summed E-state index contributed by atoms with van der Waals surface area (Å²) in [6, 6.07) is 3.73. The number of hydrogen-bond donors (Lipinski definition) is 1. The van der Waals surface area contributed by atoms with Gasteiger partial charge in [0, 0.05) is 25.9 Å². The number of carbonyl (C=O) groups excluding carboxylic acids is 1. The normalized spacial score (nSPS) is 10.8. The number of likely N-dealkylation sites (N-methyl/N-ethyl adjacent to an activating group) is 1. The van der Waals surface area contributed by atoms with Gasteiger partial charge in [0.05, 0.1) is 6.26 Å². The van der Waals surface area contributed by atoms with E-state index in [1.807, 2.05) is 12.1 Å². The first-order valence-corrected chi connectivity index (χ1v) is 6.27. The Morgan fingerprint density at radius 2 is 2.18 bits per heavy atom. The van der Waals surface area contributed by atoms with Gasteiger partial charge in [0.1, 0.15) is 5.76 Å². The standard InChI is InChI=1S/C13H22N2O2/c1-3-15(4-2)10-9-14-13(16)8-7-12-6-5-11-17-12/h5-6,11H,3-4,7-10H2,1-2H3,(H,14,16). The summed E-state index contributed by atoms with van der Waals surface area (Å²) < 4.78 is 5.17. The zero-order chi connectivity index (χ0) is 12.5. The second kappa shape index (κ2) is 7.90. The minimum atomic E-state index is 0.0913. The van der Waals surface area contributed by atoms with E-state index in [-0.39, 0.29) is 5.91 Å². The Morgan fingerprint density at radius 1 is 1.41 bits per heavy atom. The second-order valence-corrected chi connectivity index (χ2v) is 3.96.